The second-order valence-corrected chi connectivity index (χ2v) is 3.18. The molecule has 0 bridgehead atoms. The maximum atomic E-state index is 11.6. The number of aryl methyl sites for hydroxylation is 1. The van der Waals surface area contributed by atoms with E-state index in [1.54, 1.807) is 7.05 Å². The summed E-state index contributed by atoms with van der Waals surface area (Å²) in [6.07, 6.45) is 0.985. The minimum Gasteiger partial charge on any atom is -0.330 e. The molecule has 0 spiro atoms. The minimum atomic E-state index is -0.0844. The Balaban J connectivity index is 2.56. The molecule has 1 aromatic heterocycles. The molecule has 6 heteroatoms. The molecule has 1 heterocycles. The average molecular weight is 197 g/mol. The van der Waals surface area contributed by atoms with Gasteiger partial charge in [0.05, 0.1) is 13.5 Å². The van der Waals surface area contributed by atoms with Crippen LogP contribution >= 0.6 is 0 Å². The van der Waals surface area contributed by atoms with Gasteiger partial charge < -0.3 is 5.73 Å². The van der Waals surface area contributed by atoms with Crippen LogP contribution in [-0.4, -0.2) is 32.5 Å². The summed E-state index contributed by atoms with van der Waals surface area (Å²) in [4.78, 5) is 12.9. The second-order valence-electron chi connectivity index (χ2n) is 3.18. The predicted octanol–water partition coefficient (Wildman–Crippen LogP) is -0.693. The third-order valence-electron chi connectivity index (χ3n) is 2.11. The third kappa shape index (κ3) is 2.59. The van der Waals surface area contributed by atoms with Crippen LogP contribution in [0, 0.1) is 5.92 Å². The van der Waals surface area contributed by atoms with E-state index in [2.05, 4.69) is 15.4 Å². The molecule has 0 aromatic carbocycles. The number of hydrogen-bond acceptors (Lipinski definition) is 5. The SMILES string of the molecule is CCC(CN)C(=O)Cc1nnn(C)n1. The summed E-state index contributed by atoms with van der Waals surface area (Å²) in [5.41, 5.74) is 5.46. The zero-order valence-electron chi connectivity index (χ0n) is 8.47. The van der Waals surface area contributed by atoms with Crippen molar-refractivity contribution in [2.45, 2.75) is 19.8 Å². The van der Waals surface area contributed by atoms with Crippen molar-refractivity contribution in [1.29, 1.82) is 0 Å². The normalized spacial score (nSPS) is 12.8. The van der Waals surface area contributed by atoms with Crippen LogP contribution < -0.4 is 5.73 Å². The predicted molar refractivity (Wildman–Crippen MR) is 50.3 cm³/mol. The maximum absolute atomic E-state index is 11.6. The van der Waals surface area contributed by atoms with Crippen LogP contribution in [0.5, 0.6) is 0 Å². The highest BCUT2D eigenvalue weighted by Crippen LogP contribution is 2.04. The van der Waals surface area contributed by atoms with E-state index in [-0.39, 0.29) is 18.1 Å². The fourth-order valence-electron chi connectivity index (χ4n) is 1.22. The Hall–Kier alpha value is -1.30. The van der Waals surface area contributed by atoms with Gasteiger partial charge in [-0.15, -0.1) is 10.2 Å². The molecule has 2 N–H and O–H groups in total. The number of nitrogens with two attached hydrogens (primary N) is 1. The molecular formula is C8H15N5O. The lowest BCUT2D eigenvalue weighted by atomic mass is 9.99. The van der Waals surface area contributed by atoms with E-state index >= 15 is 0 Å². The molecule has 0 aliphatic rings. The van der Waals surface area contributed by atoms with Crippen LogP contribution in [0.3, 0.4) is 0 Å². The third-order valence-corrected chi connectivity index (χ3v) is 2.11. The van der Waals surface area contributed by atoms with Crippen molar-refractivity contribution in [3.05, 3.63) is 5.82 Å². The van der Waals surface area contributed by atoms with Crippen LogP contribution in [0.4, 0.5) is 0 Å². The van der Waals surface area contributed by atoms with Gasteiger partial charge in [0.25, 0.3) is 0 Å². The van der Waals surface area contributed by atoms with E-state index in [4.69, 9.17) is 5.73 Å². The number of hydrogen-bond donors (Lipinski definition) is 1. The first-order valence-corrected chi connectivity index (χ1v) is 4.63. The highest BCUT2D eigenvalue weighted by Gasteiger charge is 2.16. The van der Waals surface area contributed by atoms with Gasteiger partial charge in [0.1, 0.15) is 5.78 Å². The first-order chi connectivity index (χ1) is 6.67. The van der Waals surface area contributed by atoms with Gasteiger partial charge in [0.15, 0.2) is 5.82 Å². The van der Waals surface area contributed by atoms with Crippen molar-refractivity contribution in [1.82, 2.24) is 20.2 Å². The Labute approximate surface area is 82.5 Å². The van der Waals surface area contributed by atoms with Gasteiger partial charge in [-0.2, -0.15) is 4.80 Å². The molecular weight excluding hydrogens is 182 g/mol. The van der Waals surface area contributed by atoms with Gasteiger partial charge in [0.2, 0.25) is 0 Å². The van der Waals surface area contributed by atoms with E-state index in [9.17, 15) is 4.79 Å². The summed E-state index contributed by atoms with van der Waals surface area (Å²) in [5, 5.41) is 11.3. The van der Waals surface area contributed by atoms with Gasteiger partial charge in [-0.25, -0.2) is 0 Å². The molecule has 0 radical (unpaired) electrons. The minimum absolute atomic E-state index is 0.0844. The second kappa shape index (κ2) is 4.80. The topological polar surface area (TPSA) is 86.7 Å². The number of Topliss-reactive ketones (excluding diaryl/α,β-unsaturated/α-hetero) is 1. The summed E-state index contributed by atoms with van der Waals surface area (Å²) in [7, 11) is 1.67. The molecule has 0 saturated heterocycles. The lowest BCUT2D eigenvalue weighted by Gasteiger charge is -2.08. The number of nitrogens with zero attached hydrogens (tertiary/aromatic N) is 4. The lowest BCUT2D eigenvalue weighted by molar-refractivity contribution is -0.122. The van der Waals surface area contributed by atoms with Crippen LogP contribution in [0.2, 0.25) is 0 Å². The van der Waals surface area contributed by atoms with Crippen molar-refractivity contribution in [2.24, 2.45) is 18.7 Å². The first kappa shape index (κ1) is 10.8. The van der Waals surface area contributed by atoms with Crippen molar-refractivity contribution < 1.29 is 4.79 Å². The number of carbonyl (C=O) groups is 1. The largest absolute Gasteiger partial charge is 0.330 e. The van der Waals surface area contributed by atoms with E-state index in [0.717, 1.165) is 6.42 Å². The van der Waals surface area contributed by atoms with Crippen LogP contribution in [0.25, 0.3) is 0 Å². The van der Waals surface area contributed by atoms with Gasteiger partial charge in [-0.05, 0) is 11.6 Å². The molecule has 0 aliphatic heterocycles. The monoisotopic (exact) mass is 197 g/mol. The molecule has 0 aliphatic carbocycles. The van der Waals surface area contributed by atoms with Crippen molar-refractivity contribution in [3.8, 4) is 0 Å². The molecule has 0 fully saturated rings. The summed E-state index contributed by atoms with van der Waals surface area (Å²) in [6.45, 7) is 2.33. The quantitative estimate of drug-likeness (QED) is 0.675. The lowest BCUT2D eigenvalue weighted by Crippen LogP contribution is -2.24. The van der Waals surface area contributed by atoms with Crippen LogP contribution in [0.15, 0.2) is 0 Å². The molecule has 1 unspecified atom stereocenters. The molecule has 0 saturated carbocycles. The van der Waals surface area contributed by atoms with Crippen molar-refractivity contribution >= 4 is 5.78 Å². The maximum Gasteiger partial charge on any atom is 0.182 e. The standard InChI is InChI=1S/C8H15N5O/c1-3-6(5-9)7(14)4-8-10-12-13(2)11-8/h6H,3-5,9H2,1-2H3. The number of rotatable bonds is 5. The van der Waals surface area contributed by atoms with Crippen LogP contribution in [0.1, 0.15) is 19.2 Å². The van der Waals surface area contributed by atoms with E-state index in [1.807, 2.05) is 6.92 Å². The average Bonchev–Trinajstić information content (AvgIpc) is 2.53. The number of aromatic nitrogens is 4. The number of carbonyl (C=O) groups excluding carboxylic acids is 1. The van der Waals surface area contributed by atoms with Crippen molar-refractivity contribution in [3.63, 3.8) is 0 Å². The van der Waals surface area contributed by atoms with Crippen molar-refractivity contribution in [2.75, 3.05) is 6.54 Å². The Morgan fingerprint density at radius 2 is 2.36 bits per heavy atom. The molecule has 0 amide bonds. The Morgan fingerprint density at radius 1 is 1.64 bits per heavy atom. The Morgan fingerprint density at radius 3 is 2.79 bits per heavy atom. The zero-order chi connectivity index (χ0) is 10.6. The number of tetrazole rings is 1. The van der Waals surface area contributed by atoms with E-state index < -0.39 is 0 Å². The molecule has 6 nitrogen and oxygen atoms in total. The summed E-state index contributed by atoms with van der Waals surface area (Å²) < 4.78 is 0. The van der Waals surface area contributed by atoms with Gasteiger partial charge in [0, 0.05) is 12.5 Å². The van der Waals surface area contributed by atoms with E-state index in [1.165, 1.54) is 4.80 Å². The van der Waals surface area contributed by atoms with Gasteiger partial charge in [-0.1, -0.05) is 6.92 Å². The Bertz CT molecular complexity index is 304. The molecule has 78 valence electrons. The molecule has 14 heavy (non-hydrogen) atoms. The fourth-order valence-corrected chi connectivity index (χ4v) is 1.22. The molecule has 1 aromatic rings. The molecule has 1 rings (SSSR count). The fraction of sp³-hybridized carbons (Fsp3) is 0.750. The number of ketones is 1. The van der Waals surface area contributed by atoms with Gasteiger partial charge >= 0.3 is 0 Å². The molecule has 1 atom stereocenters. The highest BCUT2D eigenvalue weighted by molar-refractivity contribution is 5.82. The van der Waals surface area contributed by atoms with Crippen LogP contribution in [-0.2, 0) is 18.3 Å². The van der Waals surface area contributed by atoms with Gasteiger partial charge in [-0.3, -0.25) is 4.79 Å². The summed E-state index contributed by atoms with van der Waals surface area (Å²) in [5.74, 6) is 0.464. The Kier molecular flexibility index (Phi) is 3.70. The van der Waals surface area contributed by atoms with E-state index in [0.29, 0.717) is 12.4 Å². The summed E-state index contributed by atoms with van der Waals surface area (Å²) in [6, 6.07) is 0. The zero-order valence-corrected chi connectivity index (χ0v) is 8.47. The smallest absolute Gasteiger partial charge is 0.182 e. The highest BCUT2D eigenvalue weighted by atomic mass is 16.1. The first-order valence-electron chi connectivity index (χ1n) is 4.63. The summed E-state index contributed by atoms with van der Waals surface area (Å²) >= 11 is 0.